The fraction of sp³-hybridized carbons (Fsp3) is 0.0588. The molecule has 37 heavy (non-hydrogen) atoms. The third kappa shape index (κ3) is 4.94. The average molecular weight is 590 g/mol. The minimum absolute atomic E-state index is 0.712. The number of rotatable bonds is 6. The van der Waals surface area contributed by atoms with Gasteiger partial charge in [0.15, 0.2) is 0 Å². The summed E-state index contributed by atoms with van der Waals surface area (Å²) in [7, 11) is 1.42. The molecule has 2 unspecified atom stereocenters. The van der Waals surface area contributed by atoms with Crippen molar-refractivity contribution in [1.29, 1.82) is 0 Å². The molecule has 3 heteroatoms. The van der Waals surface area contributed by atoms with Crippen molar-refractivity contribution in [3.05, 3.63) is 132 Å². The van der Waals surface area contributed by atoms with Gasteiger partial charge in [-0.3, -0.25) is 0 Å². The van der Waals surface area contributed by atoms with Crippen LogP contribution in [0.2, 0.25) is 0 Å². The molecule has 6 rings (SSSR count). The van der Waals surface area contributed by atoms with Crippen molar-refractivity contribution in [3.63, 3.8) is 0 Å². The number of hydrogen-bond donors (Lipinski definition) is 0. The molecule has 0 radical (unpaired) electrons. The van der Waals surface area contributed by atoms with Gasteiger partial charge in [0.1, 0.15) is 0 Å². The van der Waals surface area contributed by atoms with Crippen LogP contribution in [0.15, 0.2) is 121 Å². The Morgan fingerprint density at radius 3 is 0.946 bits per heavy atom. The molecule has 2 aromatic heterocycles. The molecular weight excluding hydrogens is 562 g/mol. The topological polar surface area (TPSA) is 0 Å². The van der Waals surface area contributed by atoms with Gasteiger partial charge in [0.2, 0.25) is 0 Å². The Morgan fingerprint density at radius 1 is 0.378 bits per heavy atom. The van der Waals surface area contributed by atoms with Crippen LogP contribution in [0.1, 0.15) is 11.1 Å². The molecule has 0 bridgehead atoms. The quantitative estimate of drug-likeness (QED) is 0.182. The standard InChI is InChI=1S/2C17H14P.Zr/c2*1-13-12-16(14-8-4-2-5-9-14)18-17(13)15-10-6-3-7-11-15;/h2*2-11,18H,1H3;. The molecule has 0 nitrogen and oxygen atoms in total. The average Bonchev–Trinajstić information content (AvgIpc) is 3.47. The molecule has 178 valence electrons. The van der Waals surface area contributed by atoms with Crippen molar-refractivity contribution in [2.45, 2.75) is 13.8 Å². The molecule has 0 saturated heterocycles. The summed E-state index contributed by atoms with van der Waals surface area (Å²) in [5.74, 6) is 0. The summed E-state index contributed by atoms with van der Waals surface area (Å²) in [6.07, 6.45) is 0. The molecule has 0 spiro atoms. The first-order valence-electron chi connectivity index (χ1n) is 12.6. The Balaban J connectivity index is 1.55. The van der Waals surface area contributed by atoms with E-state index in [1.54, 1.807) is 17.1 Å². The van der Waals surface area contributed by atoms with Gasteiger partial charge in [0, 0.05) is 0 Å². The van der Waals surface area contributed by atoms with E-state index in [0.717, 1.165) is 0 Å². The zero-order valence-corrected chi connectivity index (χ0v) is 25.5. The molecule has 0 N–H and O–H groups in total. The summed E-state index contributed by atoms with van der Waals surface area (Å²) >= 11 is -1.11. The van der Waals surface area contributed by atoms with Crippen molar-refractivity contribution in [2.24, 2.45) is 0 Å². The zero-order valence-electron chi connectivity index (χ0n) is 21.0. The maximum absolute atomic E-state index is 2.39. The fourth-order valence-electron chi connectivity index (χ4n) is 5.05. The molecular formula is C34H28P2Zr. The summed E-state index contributed by atoms with van der Waals surface area (Å²) in [4.78, 5) is 0. The molecule has 4 aromatic carbocycles. The predicted molar refractivity (Wildman–Crippen MR) is 162 cm³/mol. The van der Waals surface area contributed by atoms with Gasteiger partial charge in [-0.1, -0.05) is 0 Å². The van der Waals surface area contributed by atoms with E-state index in [4.69, 9.17) is 0 Å². The van der Waals surface area contributed by atoms with Gasteiger partial charge in [-0.25, -0.2) is 0 Å². The third-order valence-electron chi connectivity index (χ3n) is 7.00. The van der Waals surface area contributed by atoms with Crippen LogP contribution in [-0.2, 0) is 23.2 Å². The molecule has 2 heterocycles. The van der Waals surface area contributed by atoms with E-state index in [0.29, 0.717) is 16.4 Å². The van der Waals surface area contributed by atoms with Crippen LogP contribution < -0.4 is 6.54 Å². The van der Waals surface area contributed by atoms with Crippen LogP contribution in [0.4, 0.5) is 0 Å². The van der Waals surface area contributed by atoms with Gasteiger partial charge >= 0.3 is 236 Å². The van der Waals surface area contributed by atoms with Crippen molar-refractivity contribution >= 4 is 22.9 Å². The van der Waals surface area contributed by atoms with E-state index in [2.05, 4.69) is 135 Å². The third-order valence-corrected chi connectivity index (χ3v) is 15.9. The predicted octanol–water partition coefficient (Wildman–Crippen LogP) is 9.07. The van der Waals surface area contributed by atoms with E-state index in [9.17, 15) is 0 Å². The molecule has 0 aliphatic rings. The number of benzene rings is 4. The van der Waals surface area contributed by atoms with E-state index in [-0.39, 0.29) is 0 Å². The number of hydrogen-bond acceptors (Lipinski definition) is 0. The zero-order chi connectivity index (χ0) is 25.2. The molecule has 6 aromatic rings. The monoisotopic (exact) mass is 588 g/mol. The maximum atomic E-state index is 2.39. The summed E-state index contributed by atoms with van der Waals surface area (Å²) < 4.78 is 3.35. The van der Waals surface area contributed by atoms with Gasteiger partial charge in [-0.15, -0.1) is 0 Å². The van der Waals surface area contributed by atoms with Crippen LogP contribution in [0.3, 0.4) is 0 Å². The Morgan fingerprint density at radius 2 is 0.649 bits per heavy atom. The molecule has 0 amide bonds. The minimum atomic E-state index is -1.11. The summed E-state index contributed by atoms with van der Waals surface area (Å²) in [6, 6.07) is 44.3. The second-order valence-electron chi connectivity index (χ2n) is 9.34. The van der Waals surface area contributed by atoms with E-state index >= 15 is 0 Å². The SMILES string of the molecule is Cc1c(-c2ccccc2)[pH]c(-c2ccccc2)[c]1[Zr][c]1c(-c2ccccc2)[pH]c(-c2ccccc2)c1C. The van der Waals surface area contributed by atoms with Gasteiger partial charge in [-0.2, -0.15) is 0 Å². The Labute approximate surface area is 234 Å². The molecule has 0 aliphatic heterocycles. The first-order valence-corrected chi connectivity index (χ1v) is 17.1. The second kappa shape index (κ2) is 11.0. The summed E-state index contributed by atoms with van der Waals surface area (Å²) in [5, 5.41) is 6.21. The Hall–Kier alpha value is -2.68. The summed E-state index contributed by atoms with van der Waals surface area (Å²) in [6.45, 7) is 4.77. The van der Waals surface area contributed by atoms with Crippen LogP contribution in [-0.4, -0.2) is 0 Å². The summed E-state index contributed by atoms with van der Waals surface area (Å²) in [5.41, 5.74) is 8.61. The van der Waals surface area contributed by atoms with E-state index in [1.165, 1.54) is 44.0 Å². The normalized spacial score (nSPS) is 11.4. The Kier molecular flexibility index (Phi) is 7.31. The van der Waals surface area contributed by atoms with E-state index in [1.807, 2.05) is 0 Å². The van der Waals surface area contributed by atoms with E-state index < -0.39 is 23.2 Å². The van der Waals surface area contributed by atoms with Gasteiger partial charge in [0.05, 0.1) is 0 Å². The van der Waals surface area contributed by atoms with Gasteiger partial charge in [0.25, 0.3) is 0 Å². The first-order chi connectivity index (χ1) is 18.2. The molecule has 0 saturated carbocycles. The van der Waals surface area contributed by atoms with Crippen LogP contribution in [0, 0.1) is 13.8 Å². The van der Waals surface area contributed by atoms with Crippen molar-refractivity contribution in [2.75, 3.05) is 0 Å². The van der Waals surface area contributed by atoms with Crippen molar-refractivity contribution in [1.82, 2.24) is 0 Å². The molecule has 0 fully saturated rings. The molecule has 0 aliphatic carbocycles. The van der Waals surface area contributed by atoms with Crippen molar-refractivity contribution in [3.8, 4) is 43.4 Å². The Bertz CT molecular complexity index is 1510. The second-order valence-corrected chi connectivity index (χ2v) is 14.9. The van der Waals surface area contributed by atoms with Gasteiger partial charge in [-0.05, 0) is 0 Å². The van der Waals surface area contributed by atoms with Gasteiger partial charge < -0.3 is 0 Å². The van der Waals surface area contributed by atoms with Crippen LogP contribution in [0.5, 0.6) is 0 Å². The van der Waals surface area contributed by atoms with Crippen molar-refractivity contribution < 1.29 is 23.2 Å². The van der Waals surface area contributed by atoms with Crippen LogP contribution in [0.25, 0.3) is 43.4 Å². The van der Waals surface area contributed by atoms with Crippen LogP contribution >= 0.6 is 16.4 Å². The fourth-order valence-corrected chi connectivity index (χ4v) is 13.8. The molecule has 2 atom stereocenters. The first kappa shape index (κ1) is 24.6.